The first-order valence-electron chi connectivity index (χ1n) is 8.70. The monoisotopic (exact) mass is 347 g/mol. The van der Waals surface area contributed by atoms with E-state index in [-0.39, 0.29) is 17.9 Å². The second-order valence-corrected chi connectivity index (χ2v) is 6.53. The standard InChI is InChI=1S/C17H25N5O3/c1-12-11-15(25-3)19-17(18-12)21-9-7-20(8-10-21)16(24)14-5-4-6-22(14)13(2)23/h11,14H,4-10H2,1-3H3/t14-/m0/s1. The second kappa shape index (κ2) is 7.25. The van der Waals surface area contributed by atoms with Gasteiger partial charge in [0, 0.05) is 51.4 Å². The van der Waals surface area contributed by atoms with E-state index in [9.17, 15) is 9.59 Å². The van der Waals surface area contributed by atoms with Crippen LogP contribution in [0.2, 0.25) is 0 Å². The van der Waals surface area contributed by atoms with E-state index < -0.39 is 0 Å². The van der Waals surface area contributed by atoms with Crippen LogP contribution < -0.4 is 9.64 Å². The van der Waals surface area contributed by atoms with Crippen molar-refractivity contribution in [2.24, 2.45) is 0 Å². The third kappa shape index (κ3) is 3.67. The first kappa shape index (κ1) is 17.4. The highest BCUT2D eigenvalue weighted by molar-refractivity contribution is 5.87. The number of aryl methyl sites for hydroxylation is 1. The number of hydrogen-bond acceptors (Lipinski definition) is 6. The van der Waals surface area contributed by atoms with Crippen LogP contribution in [0, 0.1) is 6.92 Å². The first-order chi connectivity index (χ1) is 12.0. The molecule has 0 aliphatic carbocycles. The molecule has 1 aromatic heterocycles. The van der Waals surface area contributed by atoms with Crippen LogP contribution in [0.1, 0.15) is 25.5 Å². The average molecular weight is 347 g/mol. The molecule has 0 unspecified atom stereocenters. The Labute approximate surface area is 147 Å². The van der Waals surface area contributed by atoms with Crippen molar-refractivity contribution in [2.45, 2.75) is 32.7 Å². The number of amides is 2. The number of nitrogens with zero attached hydrogens (tertiary/aromatic N) is 5. The number of rotatable bonds is 3. The first-order valence-corrected chi connectivity index (χ1v) is 8.70. The molecule has 2 aliphatic rings. The molecule has 2 fully saturated rings. The molecule has 0 radical (unpaired) electrons. The number of carbonyl (C=O) groups is 2. The average Bonchev–Trinajstić information content (AvgIpc) is 3.10. The summed E-state index contributed by atoms with van der Waals surface area (Å²) < 4.78 is 5.21. The lowest BCUT2D eigenvalue weighted by Crippen LogP contribution is -2.54. The molecule has 0 N–H and O–H groups in total. The van der Waals surface area contributed by atoms with Crippen molar-refractivity contribution in [3.63, 3.8) is 0 Å². The molecule has 2 saturated heterocycles. The summed E-state index contributed by atoms with van der Waals surface area (Å²) in [6.45, 7) is 6.69. The molecule has 3 rings (SSSR count). The van der Waals surface area contributed by atoms with Gasteiger partial charge in [-0.2, -0.15) is 4.98 Å². The Kier molecular flexibility index (Phi) is 5.06. The van der Waals surface area contributed by atoms with Gasteiger partial charge in [0.15, 0.2) is 0 Å². The Morgan fingerprint density at radius 3 is 2.52 bits per heavy atom. The van der Waals surface area contributed by atoms with Gasteiger partial charge < -0.3 is 19.4 Å². The van der Waals surface area contributed by atoms with E-state index in [4.69, 9.17) is 4.74 Å². The number of methoxy groups -OCH3 is 1. The summed E-state index contributed by atoms with van der Waals surface area (Å²) in [5.41, 5.74) is 0.850. The van der Waals surface area contributed by atoms with E-state index in [0.29, 0.717) is 44.6 Å². The summed E-state index contributed by atoms with van der Waals surface area (Å²) in [6.07, 6.45) is 1.66. The quantitative estimate of drug-likeness (QED) is 0.790. The smallest absolute Gasteiger partial charge is 0.245 e. The van der Waals surface area contributed by atoms with Crippen LogP contribution in [-0.2, 0) is 9.59 Å². The molecule has 136 valence electrons. The summed E-state index contributed by atoms with van der Waals surface area (Å²) in [4.78, 5) is 38.9. The summed E-state index contributed by atoms with van der Waals surface area (Å²) in [5.74, 6) is 1.23. The molecule has 8 heteroatoms. The Hall–Kier alpha value is -2.38. The van der Waals surface area contributed by atoms with Gasteiger partial charge in [-0.1, -0.05) is 0 Å². The SMILES string of the molecule is COc1cc(C)nc(N2CCN(C(=O)[C@@H]3CCCN3C(C)=O)CC2)n1. The number of anilines is 1. The number of aromatic nitrogens is 2. The highest BCUT2D eigenvalue weighted by Gasteiger charge is 2.36. The minimum absolute atomic E-state index is 0.0188. The predicted molar refractivity (Wildman–Crippen MR) is 92.5 cm³/mol. The third-order valence-electron chi connectivity index (χ3n) is 4.84. The molecule has 2 aliphatic heterocycles. The van der Waals surface area contributed by atoms with Crippen molar-refractivity contribution in [1.29, 1.82) is 0 Å². The van der Waals surface area contributed by atoms with Crippen molar-refractivity contribution in [3.05, 3.63) is 11.8 Å². The van der Waals surface area contributed by atoms with Crippen molar-refractivity contribution >= 4 is 17.8 Å². The minimum Gasteiger partial charge on any atom is -0.481 e. The molecule has 8 nitrogen and oxygen atoms in total. The van der Waals surface area contributed by atoms with Gasteiger partial charge in [0.2, 0.25) is 23.6 Å². The van der Waals surface area contributed by atoms with Gasteiger partial charge in [0.05, 0.1) is 7.11 Å². The van der Waals surface area contributed by atoms with Crippen LogP contribution in [0.5, 0.6) is 5.88 Å². The maximum Gasteiger partial charge on any atom is 0.245 e. The molecule has 0 bridgehead atoms. The van der Waals surface area contributed by atoms with E-state index in [1.165, 1.54) is 6.92 Å². The molecule has 0 spiro atoms. The highest BCUT2D eigenvalue weighted by atomic mass is 16.5. The van der Waals surface area contributed by atoms with E-state index in [2.05, 4.69) is 14.9 Å². The number of piperazine rings is 1. The van der Waals surface area contributed by atoms with E-state index >= 15 is 0 Å². The number of likely N-dealkylation sites (tertiary alicyclic amines) is 1. The van der Waals surface area contributed by atoms with Gasteiger partial charge >= 0.3 is 0 Å². The fraction of sp³-hybridized carbons (Fsp3) is 0.647. The Morgan fingerprint density at radius 2 is 1.88 bits per heavy atom. The topological polar surface area (TPSA) is 78.9 Å². The zero-order chi connectivity index (χ0) is 18.0. The highest BCUT2D eigenvalue weighted by Crippen LogP contribution is 2.21. The Bertz CT molecular complexity index is 658. The van der Waals surface area contributed by atoms with Crippen molar-refractivity contribution in [2.75, 3.05) is 44.7 Å². The van der Waals surface area contributed by atoms with Crippen molar-refractivity contribution < 1.29 is 14.3 Å². The fourth-order valence-corrected chi connectivity index (χ4v) is 3.51. The van der Waals surface area contributed by atoms with Crippen LogP contribution in [0.15, 0.2) is 6.07 Å². The second-order valence-electron chi connectivity index (χ2n) is 6.53. The van der Waals surface area contributed by atoms with Crippen LogP contribution in [0.4, 0.5) is 5.95 Å². The van der Waals surface area contributed by atoms with Gasteiger partial charge in [0.25, 0.3) is 0 Å². The number of ether oxygens (including phenoxy) is 1. The molecular formula is C17H25N5O3. The van der Waals surface area contributed by atoms with Gasteiger partial charge in [-0.25, -0.2) is 4.98 Å². The van der Waals surface area contributed by atoms with Crippen LogP contribution >= 0.6 is 0 Å². The van der Waals surface area contributed by atoms with E-state index in [0.717, 1.165) is 18.5 Å². The molecule has 0 aromatic carbocycles. The zero-order valence-electron chi connectivity index (χ0n) is 15.1. The summed E-state index contributed by atoms with van der Waals surface area (Å²) >= 11 is 0. The largest absolute Gasteiger partial charge is 0.481 e. The lowest BCUT2D eigenvalue weighted by atomic mass is 10.1. The Morgan fingerprint density at radius 1 is 1.16 bits per heavy atom. The van der Waals surface area contributed by atoms with Crippen LogP contribution in [0.25, 0.3) is 0 Å². The van der Waals surface area contributed by atoms with Crippen molar-refractivity contribution in [1.82, 2.24) is 19.8 Å². The summed E-state index contributed by atoms with van der Waals surface area (Å²) in [5, 5.41) is 0. The van der Waals surface area contributed by atoms with Gasteiger partial charge in [-0.05, 0) is 19.8 Å². The van der Waals surface area contributed by atoms with Gasteiger partial charge in [-0.15, -0.1) is 0 Å². The Balaban J connectivity index is 1.63. The van der Waals surface area contributed by atoms with Crippen LogP contribution in [0.3, 0.4) is 0 Å². The van der Waals surface area contributed by atoms with Crippen molar-refractivity contribution in [3.8, 4) is 5.88 Å². The summed E-state index contributed by atoms with van der Waals surface area (Å²) in [7, 11) is 1.59. The molecule has 0 saturated carbocycles. The summed E-state index contributed by atoms with van der Waals surface area (Å²) in [6, 6.07) is 1.50. The molecule has 1 atom stereocenters. The van der Waals surface area contributed by atoms with E-state index in [1.54, 1.807) is 18.1 Å². The predicted octanol–water partition coefficient (Wildman–Crippen LogP) is 0.453. The van der Waals surface area contributed by atoms with Crippen LogP contribution in [-0.4, -0.2) is 77.5 Å². The molecule has 2 amide bonds. The molecule has 25 heavy (non-hydrogen) atoms. The lowest BCUT2D eigenvalue weighted by Gasteiger charge is -2.37. The number of hydrogen-bond donors (Lipinski definition) is 0. The van der Waals surface area contributed by atoms with Gasteiger partial charge in [-0.3, -0.25) is 9.59 Å². The third-order valence-corrected chi connectivity index (χ3v) is 4.84. The fourth-order valence-electron chi connectivity index (χ4n) is 3.51. The van der Waals surface area contributed by atoms with Gasteiger partial charge in [0.1, 0.15) is 6.04 Å². The molecule has 1 aromatic rings. The van der Waals surface area contributed by atoms with E-state index in [1.807, 2.05) is 11.8 Å². The minimum atomic E-state index is -0.292. The molecule has 3 heterocycles. The maximum absolute atomic E-state index is 12.8. The normalized spacial score (nSPS) is 20.8. The zero-order valence-corrected chi connectivity index (χ0v) is 15.1. The lowest BCUT2D eigenvalue weighted by molar-refractivity contribution is -0.143. The molecular weight excluding hydrogens is 322 g/mol. The maximum atomic E-state index is 12.8. The number of carbonyl (C=O) groups excluding carboxylic acids is 2.